The third kappa shape index (κ3) is 3.99. The quantitative estimate of drug-likeness (QED) is 0.880. The van der Waals surface area contributed by atoms with Crippen molar-refractivity contribution in [2.24, 2.45) is 5.92 Å². The zero-order chi connectivity index (χ0) is 18.0. The van der Waals surface area contributed by atoms with Crippen LogP contribution in [0, 0.1) is 12.8 Å². The van der Waals surface area contributed by atoms with E-state index >= 15 is 0 Å². The Labute approximate surface area is 146 Å². The van der Waals surface area contributed by atoms with Crippen molar-refractivity contribution >= 4 is 23.5 Å². The van der Waals surface area contributed by atoms with Crippen molar-refractivity contribution < 1.29 is 24.2 Å². The number of anilines is 1. The molecule has 1 aromatic rings. The lowest BCUT2D eigenvalue weighted by atomic mass is 10.1. The van der Waals surface area contributed by atoms with Gasteiger partial charge in [0.2, 0.25) is 11.8 Å². The van der Waals surface area contributed by atoms with E-state index in [2.05, 4.69) is 0 Å². The lowest BCUT2D eigenvalue weighted by Gasteiger charge is -2.33. The molecule has 25 heavy (non-hydrogen) atoms. The molecule has 2 aliphatic heterocycles. The summed E-state index contributed by atoms with van der Waals surface area (Å²) in [5, 5.41) is 8.88. The van der Waals surface area contributed by atoms with Gasteiger partial charge in [0, 0.05) is 31.7 Å². The van der Waals surface area contributed by atoms with Crippen LogP contribution in [0.1, 0.15) is 18.4 Å². The van der Waals surface area contributed by atoms with Gasteiger partial charge in [-0.05, 0) is 19.1 Å². The van der Waals surface area contributed by atoms with Crippen molar-refractivity contribution in [2.75, 3.05) is 31.1 Å². The molecule has 1 N–H and O–H groups in total. The van der Waals surface area contributed by atoms with Crippen molar-refractivity contribution in [1.29, 1.82) is 0 Å². The van der Waals surface area contributed by atoms with Crippen molar-refractivity contribution in [3.63, 3.8) is 0 Å². The predicted molar refractivity (Wildman–Crippen MR) is 90.2 cm³/mol. The molecule has 7 heteroatoms. The third-order valence-electron chi connectivity index (χ3n) is 4.67. The van der Waals surface area contributed by atoms with Gasteiger partial charge in [-0.3, -0.25) is 14.4 Å². The first-order valence-electron chi connectivity index (χ1n) is 8.43. The Hall–Kier alpha value is -2.41. The Kier molecular flexibility index (Phi) is 5.03. The van der Waals surface area contributed by atoms with Crippen LogP contribution in [0.25, 0.3) is 0 Å². The van der Waals surface area contributed by atoms with Crippen molar-refractivity contribution in [1.82, 2.24) is 4.90 Å². The van der Waals surface area contributed by atoms with Gasteiger partial charge >= 0.3 is 5.97 Å². The van der Waals surface area contributed by atoms with E-state index in [0.29, 0.717) is 19.7 Å². The normalized spacial score (nSPS) is 23.8. The third-order valence-corrected chi connectivity index (χ3v) is 4.67. The molecule has 2 fully saturated rings. The van der Waals surface area contributed by atoms with Crippen LogP contribution >= 0.6 is 0 Å². The number of aliphatic carboxylic acids is 1. The molecule has 2 aliphatic rings. The first-order chi connectivity index (χ1) is 11.9. The van der Waals surface area contributed by atoms with Crippen LogP contribution < -0.4 is 4.90 Å². The predicted octanol–water partition coefficient (Wildman–Crippen LogP) is 1.05. The molecule has 2 atom stereocenters. The van der Waals surface area contributed by atoms with Gasteiger partial charge in [0.15, 0.2) is 0 Å². The van der Waals surface area contributed by atoms with E-state index < -0.39 is 18.0 Å². The maximum Gasteiger partial charge on any atom is 0.306 e. The van der Waals surface area contributed by atoms with Crippen LogP contribution in [0.2, 0.25) is 0 Å². The largest absolute Gasteiger partial charge is 0.481 e. The summed E-state index contributed by atoms with van der Waals surface area (Å²) in [6.45, 7) is 3.37. The van der Waals surface area contributed by atoms with Gasteiger partial charge in [0.25, 0.3) is 0 Å². The zero-order valence-corrected chi connectivity index (χ0v) is 14.2. The van der Waals surface area contributed by atoms with Crippen LogP contribution in [-0.4, -0.2) is 60.1 Å². The number of hydrogen-bond donors (Lipinski definition) is 1. The molecule has 0 unspecified atom stereocenters. The Morgan fingerprint density at radius 1 is 1.24 bits per heavy atom. The second-order valence-electron chi connectivity index (χ2n) is 6.62. The number of hydrogen-bond acceptors (Lipinski definition) is 4. The minimum atomic E-state index is -0.944. The number of ether oxygens (including phenoxy) is 1. The first-order valence-corrected chi connectivity index (χ1v) is 8.43. The Bertz CT molecular complexity index is 673. The summed E-state index contributed by atoms with van der Waals surface area (Å²) in [5.41, 5.74) is 1.91. The van der Waals surface area contributed by atoms with E-state index in [1.165, 1.54) is 0 Å². The SMILES string of the molecule is Cc1ccc(N2C[C@H](C(=O)N3CCO[C@@H](CC(=O)O)C3)CC2=O)cc1. The van der Waals surface area contributed by atoms with E-state index in [-0.39, 0.29) is 31.2 Å². The standard InChI is InChI=1S/C18H22N2O5/c1-12-2-4-14(5-3-12)20-10-13(8-16(20)21)18(24)19-6-7-25-15(11-19)9-17(22)23/h2-5,13,15H,6-11H2,1H3,(H,22,23)/t13-,15+/m1/s1. The highest BCUT2D eigenvalue weighted by atomic mass is 16.5. The Morgan fingerprint density at radius 2 is 1.96 bits per heavy atom. The smallest absolute Gasteiger partial charge is 0.306 e. The lowest BCUT2D eigenvalue weighted by molar-refractivity contribution is -0.149. The summed E-state index contributed by atoms with van der Waals surface area (Å²) in [5.74, 6) is -1.49. The molecule has 2 amide bonds. The van der Waals surface area contributed by atoms with Crippen LogP contribution in [0.15, 0.2) is 24.3 Å². The number of amides is 2. The van der Waals surface area contributed by atoms with Crippen LogP contribution in [-0.2, 0) is 19.1 Å². The van der Waals surface area contributed by atoms with Crippen molar-refractivity contribution in [2.45, 2.75) is 25.9 Å². The number of benzene rings is 1. The van der Waals surface area contributed by atoms with Crippen LogP contribution in [0.3, 0.4) is 0 Å². The topological polar surface area (TPSA) is 87.2 Å². The molecule has 2 heterocycles. The molecule has 1 aromatic carbocycles. The van der Waals surface area contributed by atoms with Crippen molar-refractivity contribution in [3.05, 3.63) is 29.8 Å². The highest BCUT2D eigenvalue weighted by Gasteiger charge is 2.38. The number of aryl methyl sites for hydroxylation is 1. The van der Waals surface area contributed by atoms with E-state index in [9.17, 15) is 14.4 Å². The summed E-state index contributed by atoms with van der Waals surface area (Å²) >= 11 is 0. The highest BCUT2D eigenvalue weighted by molar-refractivity contribution is 6.00. The maximum absolute atomic E-state index is 12.8. The minimum Gasteiger partial charge on any atom is -0.481 e. The Morgan fingerprint density at radius 3 is 2.64 bits per heavy atom. The average molecular weight is 346 g/mol. The van der Waals surface area contributed by atoms with Crippen LogP contribution in [0.5, 0.6) is 0 Å². The number of carbonyl (C=O) groups excluding carboxylic acids is 2. The fraction of sp³-hybridized carbons (Fsp3) is 0.500. The average Bonchev–Trinajstić information content (AvgIpc) is 2.96. The maximum atomic E-state index is 12.8. The summed E-state index contributed by atoms with van der Waals surface area (Å²) in [6.07, 6.45) is -0.420. The van der Waals surface area contributed by atoms with Gasteiger partial charge in [0.05, 0.1) is 25.0 Å². The van der Waals surface area contributed by atoms with Crippen molar-refractivity contribution in [3.8, 4) is 0 Å². The number of morpholine rings is 1. The summed E-state index contributed by atoms with van der Waals surface area (Å²) < 4.78 is 5.40. The summed E-state index contributed by atoms with van der Waals surface area (Å²) in [7, 11) is 0. The monoisotopic (exact) mass is 346 g/mol. The summed E-state index contributed by atoms with van der Waals surface area (Å²) in [6, 6.07) is 7.65. The van der Waals surface area contributed by atoms with E-state index in [1.54, 1.807) is 9.80 Å². The fourth-order valence-corrected chi connectivity index (χ4v) is 3.34. The van der Waals surface area contributed by atoms with Gasteiger partial charge in [-0.25, -0.2) is 0 Å². The lowest BCUT2D eigenvalue weighted by Crippen LogP contribution is -2.48. The molecular weight excluding hydrogens is 324 g/mol. The second-order valence-corrected chi connectivity index (χ2v) is 6.62. The highest BCUT2D eigenvalue weighted by Crippen LogP contribution is 2.27. The zero-order valence-electron chi connectivity index (χ0n) is 14.2. The molecule has 0 aliphatic carbocycles. The van der Waals surface area contributed by atoms with E-state index in [0.717, 1.165) is 11.3 Å². The van der Waals surface area contributed by atoms with Gasteiger partial charge in [-0.2, -0.15) is 0 Å². The molecule has 3 rings (SSSR count). The molecule has 0 saturated carbocycles. The Balaban J connectivity index is 1.64. The van der Waals surface area contributed by atoms with E-state index in [4.69, 9.17) is 9.84 Å². The van der Waals surface area contributed by atoms with Gasteiger partial charge in [-0.15, -0.1) is 0 Å². The van der Waals surface area contributed by atoms with Gasteiger partial charge < -0.3 is 19.6 Å². The number of nitrogens with zero attached hydrogens (tertiary/aromatic N) is 2. The molecule has 134 valence electrons. The number of carbonyl (C=O) groups is 3. The first kappa shape index (κ1) is 17.4. The van der Waals surface area contributed by atoms with Crippen LogP contribution in [0.4, 0.5) is 5.69 Å². The molecule has 0 bridgehead atoms. The number of carboxylic acids is 1. The number of rotatable bonds is 4. The number of carboxylic acid groups (broad SMARTS) is 1. The summed E-state index contributed by atoms with van der Waals surface area (Å²) in [4.78, 5) is 39.2. The van der Waals surface area contributed by atoms with Gasteiger partial charge in [-0.1, -0.05) is 17.7 Å². The molecule has 2 saturated heterocycles. The molecule has 0 aromatic heterocycles. The molecule has 0 spiro atoms. The molecule has 7 nitrogen and oxygen atoms in total. The minimum absolute atomic E-state index is 0.0578. The second kappa shape index (κ2) is 7.23. The molecular formula is C18H22N2O5. The fourth-order valence-electron chi connectivity index (χ4n) is 3.34. The molecule has 0 radical (unpaired) electrons. The van der Waals surface area contributed by atoms with Gasteiger partial charge in [0.1, 0.15) is 0 Å². The van der Waals surface area contributed by atoms with E-state index in [1.807, 2.05) is 31.2 Å².